The fraction of sp³-hybridized carbons (Fsp3) is 0.500. The van der Waals surface area contributed by atoms with Gasteiger partial charge >= 0.3 is 0 Å². The topological polar surface area (TPSA) is 27.0 Å². The van der Waals surface area contributed by atoms with E-state index in [1.54, 1.807) is 11.0 Å². The van der Waals surface area contributed by atoms with Crippen molar-refractivity contribution >= 4 is 5.69 Å². The third kappa shape index (κ3) is 2.61. The molecule has 0 bridgehead atoms. The maximum absolute atomic E-state index is 14.0. The third-order valence-corrected chi connectivity index (χ3v) is 2.98. The minimum atomic E-state index is -0.640. The van der Waals surface area contributed by atoms with Gasteiger partial charge in [-0.3, -0.25) is 0 Å². The molecule has 0 saturated heterocycles. The van der Waals surface area contributed by atoms with E-state index in [2.05, 4.69) is 0 Å². The molecular weight excluding hydrogens is 234 g/mol. The van der Waals surface area contributed by atoms with Crippen molar-refractivity contribution in [2.75, 3.05) is 11.4 Å². The highest BCUT2D eigenvalue weighted by Crippen LogP contribution is 2.35. The fourth-order valence-corrected chi connectivity index (χ4v) is 2.11. The number of rotatable bonds is 4. The van der Waals surface area contributed by atoms with E-state index in [1.807, 2.05) is 13.8 Å². The largest absolute Gasteiger partial charge is 0.364 e. The SMILES string of the molecule is CC(C)CN(c1c(F)cc(C#N)cc1F)C1CC1. The van der Waals surface area contributed by atoms with E-state index in [0.29, 0.717) is 12.5 Å². The van der Waals surface area contributed by atoms with Crippen LogP contribution in [0.25, 0.3) is 0 Å². The number of benzene rings is 1. The van der Waals surface area contributed by atoms with Crippen LogP contribution >= 0.6 is 0 Å². The van der Waals surface area contributed by atoms with Crippen LogP contribution in [0.15, 0.2) is 12.1 Å². The number of anilines is 1. The molecule has 2 nitrogen and oxygen atoms in total. The summed E-state index contributed by atoms with van der Waals surface area (Å²) in [6.07, 6.45) is 1.96. The van der Waals surface area contributed by atoms with Crippen LogP contribution in [-0.4, -0.2) is 12.6 Å². The summed E-state index contributed by atoms with van der Waals surface area (Å²) in [5.74, 6) is -0.946. The molecule has 1 aliphatic rings. The van der Waals surface area contributed by atoms with Gasteiger partial charge in [0.2, 0.25) is 0 Å². The first-order valence-corrected chi connectivity index (χ1v) is 6.18. The van der Waals surface area contributed by atoms with Crippen LogP contribution in [0.4, 0.5) is 14.5 Å². The Labute approximate surface area is 106 Å². The Kier molecular flexibility index (Phi) is 3.51. The van der Waals surface area contributed by atoms with Gasteiger partial charge in [-0.05, 0) is 30.9 Å². The maximum atomic E-state index is 14.0. The molecular formula is C14H16F2N2. The summed E-state index contributed by atoms with van der Waals surface area (Å²) in [6, 6.07) is 4.21. The number of hydrogen-bond acceptors (Lipinski definition) is 2. The lowest BCUT2D eigenvalue weighted by Gasteiger charge is -2.27. The van der Waals surface area contributed by atoms with Crippen LogP contribution in [0.3, 0.4) is 0 Å². The Balaban J connectivity index is 2.38. The molecule has 0 aromatic heterocycles. The highest BCUT2D eigenvalue weighted by molar-refractivity contribution is 5.54. The zero-order valence-corrected chi connectivity index (χ0v) is 10.6. The van der Waals surface area contributed by atoms with Gasteiger partial charge in [-0.25, -0.2) is 8.78 Å². The van der Waals surface area contributed by atoms with Crippen LogP contribution in [0.1, 0.15) is 32.3 Å². The van der Waals surface area contributed by atoms with Crippen LogP contribution in [0, 0.1) is 28.9 Å². The predicted molar refractivity (Wildman–Crippen MR) is 66.3 cm³/mol. The second kappa shape index (κ2) is 4.93. The van der Waals surface area contributed by atoms with Crippen molar-refractivity contribution in [3.63, 3.8) is 0 Å². The highest BCUT2D eigenvalue weighted by Gasteiger charge is 2.32. The fourth-order valence-electron chi connectivity index (χ4n) is 2.11. The predicted octanol–water partition coefficient (Wildman–Crippen LogP) is 3.46. The first-order chi connectivity index (χ1) is 8.52. The minimum Gasteiger partial charge on any atom is -0.364 e. The van der Waals surface area contributed by atoms with Gasteiger partial charge in [0.1, 0.15) is 5.69 Å². The summed E-state index contributed by atoms with van der Waals surface area (Å²) < 4.78 is 27.9. The van der Waals surface area contributed by atoms with Crippen LogP contribution in [-0.2, 0) is 0 Å². The summed E-state index contributed by atoms with van der Waals surface area (Å²) >= 11 is 0. The third-order valence-electron chi connectivity index (χ3n) is 2.98. The highest BCUT2D eigenvalue weighted by atomic mass is 19.1. The molecule has 18 heavy (non-hydrogen) atoms. The van der Waals surface area contributed by atoms with Crippen molar-refractivity contribution in [2.45, 2.75) is 32.7 Å². The average Bonchev–Trinajstić information content (AvgIpc) is 3.09. The quantitative estimate of drug-likeness (QED) is 0.818. The molecule has 2 rings (SSSR count). The van der Waals surface area contributed by atoms with Gasteiger partial charge in [0.15, 0.2) is 11.6 Å². The monoisotopic (exact) mass is 250 g/mol. The Morgan fingerprint density at radius 2 is 1.89 bits per heavy atom. The van der Waals surface area contributed by atoms with Crippen molar-refractivity contribution < 1.29 is 8.78 Å². The second-order valence-electron chi connectivity index (χ2n) is 5.18. The lowest BCUT2D eigenvalue weighted by Crippen LogP contribution is -2.31. The van der Waals surface area contributed by atoms with Crippen molar-refractivity contribution in [1.82, 2.24) is 0 Å². The van der Waals surface area contributed by atoms with E-state index < -0.39 is 11.6 Å². The van der Waals surface area contributed by atoms with E-state index in [4.69, 9.17) is 5.26 Å². The molecule has 0 amide bonds. The molecule has 0 unspecified atom stereocenters. The molecule has 0 radical (unpaired) electrons. The first kappa shape index (κ1) is 12.8. The van der Waals surface area contributed by atoms with E-state index in [-0.39, 0.29) is 17.3 Å². The first-order valence-electron chi connectivity index (χ1n) is 6.18. The maximum Gasteiger partial charge on any atom is 0.150 e. The standard InChI is InChI=1S/C14H16F2N2/c1-9(2)8-18(11-3-4-11)14-12(15)5-10(7-17)6-13(14)16/h5-6,9,11H,3-4,8H2,1-2H3. The van der Waals surface area contributed by atoms with Gasteiger partial charge in [0.05, 0.1) is 11.6 Å². The van der Waals surface area contributed by atoms with E-state index in [0.717, 1.165) is 25.0 Å². The van der Waals surface area contributed by atoms with Crippen molar-refractivity contribution in [3.05, 3.63) is 29.3 Å². The molecule has 1 aliphatic carbocycles. The summed E-state index contributed by atoms with van der Waals surface area (Å²) in [7, 11) is 0. The molecule has 0 N–H and O–H groups in total. The normalized spacial score (nSPS) is 14.7. The van der Waals surface area contributed by atoms with Gasteiger partial charge < -0.3 is 4.90 Å². The summed E-state index contributed by atoms with van der Waals surface area (Å²) in [5.41, 5.74) is 0.0410. The molecule has 1 fully saturated rings. The number of nitriles is 1. The van der Waals surface area contributed by atoms with E-state index in [9.17, 15) is 8.78 Å². The van der Waals surface area contributed by atoms with Gasteiger partial charge in [-0.15, -0.1) is 0 Å². The van der Waals surface area contributed by atoms with Gasteiger partial charge in [0, 0.05) is 12.6 Å². The number of halogens is 2. The molecule has 0 heterocycles. The molecule has 96 valence electrons. The van der Waals surface area contributed by atoms with Crippen LogP contribution < -0.4 is 4.90 Å². The molecule has 1 aromatic rings. The van der Waals surface area contributed by atoms with Crippen molar-refractivity contribution in [3.8, 4) is 6.07 Å². The Bertz CT molecular complexity index is 464. The lowest BCUT2D eigenvalue weighted by molar-refractivity contribution is 0.544. The van der Waals surface area contributed by atoms with Crippen molar-refractivity contribution in [2.24, 2.45) is 5.92 Å². The molecule has 1 aromatic carbocycles. The zero-order valence-electron chi connectivity index (χ0n) is 10.6. The van der Waals surface area contributed by atoms with Gasteiger partial charge in [-0.1, -0.05) is 13.8 Å². The molecule has 0 aliphatic heterocycles. The summed E-state index contributed by atoms with van der Waals surface area (Å²) in [6.45, 7) is 4.67. The van der Waals surface area contributed by atoms with E-state index >= 15 is 0 Å². The van der Waals surface area contributed by atoms with Gasteiger partial charge in [-0.2, -0.15) is 5.26 Å². The minimum absolute atomic E-state index is 0.0187. The van der Waals surface area contributed by atoms with Crippen LogP contribution in [0.5, 0.6) is 0 Å². The van der Waals surface area contributed by atoms with Crippen LogP contribution in [0.2, 0.25) is 0 Å². The summed E-state index contributed by atoms with van der Waals surface area (Å²) in [5, 5.41) is 8.69. The van der Waals surface area contributed by atoms with E-state index in [1.165, 1.54) is 0 Å². The van der Waals surface area contributed by atoms with Gasteiger partial charge in [0.25, 0.3) is 0 Å². The Morgan fingerprint density at radius 3 is 2.28 bits per heavy atom. The zero-order chi connectivity index (χ0) is 13.3. The molecule has 0 spiro atoms. The molecule has 4 heteroatoms. The second-order valence-corrected chi connectivity index (χ2v) is 5.18. The van der Waals surface area contributed by atoms with Crippen molar-refractivity contribution in [1.29, 1.82) is 5.26 Å². The average molecular weight is 250 g/mol. The Morgan fingerprint density at radius 1 is 1.33 bits per heavy atom. The molecule has 1 saturated carbocycles. The number of nitrogens with zero attached hydrogens (tertiary/aromatic N) is 2. The smallest absolute Gasteiger partial charge is 0.150 e. The molecule has 0 atom stereocenters. The lowest BCUT2D eigenvalue weighted by atomic mass is 10.1. The number of hydrogen-bond donors (Lipinski definition) is 0. The Hall–Kier alpha value is -1.63. The summed E-state index contributed by atoms with van der Waals surface area (Å²) in [4.78, 5) is 1.80.